The molecule has 1 nitrogen and oxygen atoms in total. The highest BCUT2D eigenvalue weighted by molar-refractivity contribution is 14.1. The smallest absolute Gasteiger partial charge is 0.228 e. The molecule has 1 aromatic carbocycles. The lowest BCUT2D eigenvalue weighted by atomic mass is 10.3. The standard InChI is InChI=1S/C7H4F2I2O/c8-3-12-7-4(9)1-2-5(10)6(7)11/h1-2H,3H2. The first-order chi connectivity index (χ1) is 5.66. The summed E-state index contributed by atoms with van der Waals surface area (Å²) in [5.74, 6) is -0.539. The highest BCUT2D eigenvalue weighted by Crippen LogP contribution is 2.28. The van der Waals surface area contributed by atoms with Crippen LogP contribution >= 0.6 is 45.2 Å². The number of ether oxygens (including phenoxy) is 1. The van der Waals surface area contributed by atoms with Crippen LogP contribution in [0.25, 0.3) is 0 Å². The molecule has 0 saturated heterocycles. The van der Waals surface area contributed by atoms with Crippen molar-refractivity contribution in [3.63, 3.8) is 0 Å². The van der Waals surface area contributed by atoms with Gasteiger partial charge < -0.3 is 4.74 Å². The Kier molecular flexibility index (Phi) is 3.94. The Bertz CT molecular complexity index is 291. The summed E-state index contributed by atoms with van der Waals surface area (Å²) < 4.78 is 30.6. The Balaban J connectivity index is 3.14. The molecule has 5 heteroatoms. The molecule has 0 N–H and O–H groups in total. The van der Waals surface area contributed by atoms with Gasteiger partial charge in [-0.25, -0.2) is 8.78 Å². The van der Waals surface area contributed by atoms with Crippen molar-refractivity contribution >= 4 is 45.2 Å². The van der Waals surface area contributed by atoms with Crippen molar-refractivity contribution in [3.8, 4) is 5.75 Å². The maximum absolute atomic E-state index is 12.9. The predicted octanol–water partition coefficient (Wildman–Crippen LogP) is 3.34. The van der Waals surface area contributed by atoms with E-state index in [4.69, 9.17) is 0 Å². The molecule has 0 saturated carbocycles. The fourth-order valence-corrected chi connectivity index (χ4v) is 1.71. The fourth-order valence-electron chi connectivity index (χ4n) is 0.695. The van der Waals surface area contributed by atoms with Crippen LogP contribution in [0.3, 0.4) is 0 Å². The van der Waals surface area contributed by atoms with Crippen LogP contribution in [0.1, 0.15) is 0 Å². The van der Waals surface area contributed by atoms with E-state index in [1.165, 1.54) is 6.07 Å². The van der Waals surface area contributed by atoms with Crippen LogP contribution in [0.2, 0.25) is 0 Å². The molecule has 0 atom stereocenters. The third-order valence-electron chi connectivity index (χ3n) is 1.20. The summed E-state index contributed by atoms with van der Waals surface area (Å²) in [6, 6.07) is 2.87. The van der Waals surface area contributed by atoms with Crippen LogP contribution in [0.15, 0.2) is 12.1 Å². The van der Waals surface area contributed by atoms with Crippen molar-refractivity contribution in [3.05, 3.63) is 25.1 Å². The van der Waals surface area contributed by atoms with Gasteiger partial charge in [-0.05, 0) is 57.3 Å². The molecule has 66 valence electrons. The number of hydrogen-bond acceptors (Lipinski definition) is 1. The van der Waals surface area contributed by atoms with Crippen molar-refractivity contribution in [2.24, 2.45) is 0 Å². The van der Waals surface area contributed by atoms with Crippen LogP contribution in [-0.2, 0) is 0 Å². The van der Waals surface area contributed by atoms with E-state index in [1.807, 2.05) is 45.2 Å². The van der Waals surface area contributed by atoms with E-state index in [0.29, 0.717) is 3.57 Å². The summed E-state index contributed by atoms with van der Waals surface area (Å²) in [5.41, 5.74) is 0. The number of hydrogen-bond donors (Lipinski definition) is 0. The minimum atomic E-state index is -1.01. The van der Waals surface area contributed by atoms with Gasteiger partial charge in [0.05, 0.1) is 3.57 Å². The van der Waals surface area contributed by atoms with Gasteiger partial charge in [0.1, 0.15) is 0 Å². The quantitative estimate of drug-likeness (QED) is 0.551. The Labute approximate surface area is 95.8 Å². The fraction of sp³-hybridized carbons (Fsp3) is 0.143. The molecule has 1 aromatic rings. The molecule has 0 radical (unpaired) electrons. The largest absolute Gasteiger partial charge is 0.459 e. The molecule has 1 rings (SSSR count). The van der Waals surface area contributed by atoms with Crippen molar-refractivity contribution in [1.29, 1.82) is 0 Å². The van der Waals surface area contributed by atoms with Gasteiger partial charge >= 0.3 is 0 Å². The van der Waals surface area contributed by atoms with E-state index >= 15 is 0 Å². The summed E-state index contributed by atoms with van der Waals surface area (Å²) in [6.45, 7) is -1.01. The van der Waals surface area contributed by atoms with Crippen molar-refractivity contribution in [2.75, 3.05) is 6.86 Å². The Morgan fingerprint density at radius 2 is 2.00 bits per heavy atom. The van der Waals surface area contributed by atoms with Crippen LogP contribution < -0.4 is 4.74 Å². The molecule has 0 aliphatic carbocycles. The third-order valence-corrected chi connectivity index (χ3v) is 4.20. The normalized spacial score (nSPS) is 10.0. The first-order valence-corrected chi connectivity index (χ1v) is 5.15. The SMILES string of the molecule is FCOc1c(F)ccc(I)c1I. The zero-order valence-electron chi connectivity index (χ0n) is 5.78. The minimum absolute atomic E-state index is 0.00926. The van der Waals surface area contributed by atoms with Gasteiger partial charge in [0.25, 0.3) is 0 Å². The van der Waals surface area contributed by atoms with Gasteiger partial charge in [-0.15, -0.1) is 0 Å². The van der Waals surface area contributed by atoms with Crippen molar-refractivity contribution in [2.45, 2.75) is 0 Å². The predicted molar refractivity (Wildman–Crippen MR) is 58.4 cm³/mol. The number of halogens is 4. The Morgan fingerprint density at radius 3 is 2.58 bits per heavy atom. The molecule has 0 aliphatic heterocycles. The molecule has 0 heterocycles. The first kappa shape index (κ1) is 10.4. The summed E-state index contributed by atoms with van der Waals surface area (Å²) in [5, 5.41) is 0. The maximum Gasteiger partial charge on any atom is 0.228 e. The minimum Gasteiger partial charge on any atom is -0.459 e. The number of alkyl halides is 1. The van der Waals surface area contributed by atoms with Crippen LogP contribution in [-0.4, -0.2) is 6.86 Å². The van der Waals surface area contributed by atoms with E-state index in [1.54, 1.807) is 6.07 Å². The molecule has 0 unspecified atom stereocenters. The van der Waals surface area contributed by atoms with Gasteiger partial charge in [-0.3, -0.25) is 0 Å². The highest BCUT2D eigenvalue weighted by Gasteiger charge is 2.10. The molecule has 0 aliphatic rings. The lowest BCUT2D eigenvalue weighted by Gasteiger charge is -2.06. The second-order valence-electron chi connectivity index (χ2n) is 1.93. The summed E-state index contributed by atoms with van der Waals surface area (Å²) in [4.78, 5) is 0. The van der Waals surface area contributed by atoms with Crippen molar-refractivity contribution < 1.29 is 13.5 Å². The van der Waals surface area contributed by atoms with E-state index in [0.717, 1.165) is 3.57 Å². The van der Waals surface area contributed by atoms with Crippen LogP contribution in [0.4, 0.5) is 8.78 Å². The summed E-state index contributed by atoms with van der Waals surface area (Å²) >= 11 is 3.94. The Hall–Kier alpha value is 0.340. The zero-order valence-corrected chi connectivity index (χ0v) is 10.1. The number of benzene rings is 1. The van der Waals surface area contributed by atoms with Crippen LogP contribution in [0, 0.1) is 13.0 Å². The zero-order chi connectivity index (χ0) is 9.14. The van der Waals surface area contributed by atoms with E-state index in [-0.39, 0.29) is 5.75 Å². The Morgan fingerprint density at radius 1 is 1.33 bits per heavy atom. The highest BCUT2D eigenvalue weighted by atomic mass is 127. The molecular formula is C7H4F2I2O. The van der Waals surface area contributed by atoms with E-state index in [2.05, 4.69) is 4.74 Å². The third kappa shape index (κ3) is 2.18. The molecule has 0 bridgehead atoms. The lowest BCUT2D eigenvalue weighted by Crippen LogP contribution is -1.97. The molecule has 0 amide bonds. The molecule has 0 aromatic heterocycles. The molecule has 12 heavy (non-hydrogen) atoms. The summed E-state index contributed by atoms with van der Waals surface area (Å²) in [7, 11) is 0. The lowest BCUT2D eigenvalue weighted by molar-refractivity contribution is 0.183. The van der Waals surface area contributed by atoms with Crippen LogP contribution in [0.5, 0.6) is 5.75 Å². The second kappa shape index (κ2) is 4.54. The van der Waals surface area contributed by atoms with Gasteiger partial charge in [0, 0.05) is 3.57 Å². The van der Waals surface area contributed by atoms with Gasteiger partial charge in [0.15, 0.2) is 11.6 Å². The first-order valence-electron chi connectivity index (χ1n) is 2.99. The molecule has 0 spiro atoms. The van der Waals surface area contributed by atoms with Gasteiger partial charge in [-0.1, -0.05) is 0 Å². The van der Waals surface area contributed by atoms with E-state index < -0.39 is 12.7 Å². The van der Waals surface area contributed by atoms with Gasteiger partial charge in [-0.2, -0.15) is 0 Å². The van der Waals surface area contributed by atoms with E-state index in [9.17, 15) is 8.78 Å². The summed E-state index contributed by atoms with van der Waals surface area (Å²) in [6.07, 6.45) is 0. The average Bonchev–Trinajstić information content (AvgIpc) is 2.06. The topological polar surface area (TPSA) is 9.23 Å². The average molecular weight is 396 g/mol. The molecular weight excluding hydrogens is 392 g/mol. The monoisotopic (exact) mass is 396 g/mol. The second-order valence-corrected chi connectivity index (χ2v) is 4.17. The number of rotatable bonds is 2. The maximum atomic E-state index is 12.9. The molecule has 0 fully saturated rings. The van der Waals surface area contributed by atoms with Crippen molar-refractivity contribution in [1.82, 2.24) is 0 Å². The van der Waals surface area contributed by atoms with Gasteiger partial charge in [0.2, 0.25) is 6.86 Å².